The van der Waals surface area contributed by atoms with Crippen LogP contribution in [0, 0.1) is 0 Å². The third-order valence-electron chi connectivity index (χ3n) is 12.0. The number of phenols is 1. The van der Waals surface area contributed by atoms with Gasteiger partial charge in [0.2, 0.25) is 0 Å². The van der Waals surface area contributed by atoms with Crippen molar-refractivity contribution < 1.29 is 5.11 Å². The average molecular weight is 793 g/mol. The number of phenolic OH excluding ortho intramolecular Hbond substituents is 1. The van der Waals surface area contributed by atoms with Gasteiger partial charge in [-0.05, 0) is 105 Å². The zero-order chi connectivity index (χ0) is 42.0. The lowest BCUT2D eigenvalue weighted by Gasteiger charge is -2.22. The summed E-state index contributed by atoms with van der Waals surface area (Å²) >= 11 is 0. The Balaban J connectivity index is 1.17. The third kappa shape index (κ3) is 6.76. The number of aromatic hydroxyl groups is 1. The number of imidazole rings is 1. The van der Waals surface area contributed by atoms with Gasteiger partial charge in [-0.3, -0.25) is 9.55 Å². The van der Waals surface area contributed by atoms with Crippen molar-refractivity contribution in [1.29, 1.82) is 0 Å². The summed E-state index contributed by atoms with van der Waals surface area (Å²) in [5.41, 5.74) is 15.3. The first kappa shape index (κ1) is 38.0. The molecule has 0 fully saturated rings. The SMILES string of the molecule is CC(C)(C)c1ccc(-c2ccnc(-c3cc(-c4cccc5c4nc(-c4cc6c7ccccc7n(-c7ccccc7)c6cc4O)n5-c4ccccc4)cc(C(C)(C)C)c3)c2)cc1. The summed E-state index contributed by atoms with van der Waals surface area (Å²) in [4.78, 5) is 10.4. The number of hydrogen-bond donors (Lipinski definition) is 1. The Bertz CT molecular complexity index is 3250. The Morgan fingerprint density at radius 3 is 1.79 bits per heavy atom. The zero-order valence-electron chi connectivity index (χ0n) is 35.5. The molecule has 10 aromatic rings. The minimum absolute atomic E-state index is 0.0878. The topological polar surface area (TPSA) is 55.9 Å². The van der Waals surface area contributed by atoms with Crippen LogP contribution in [0.25, 0.3) is 89.1 Å². The summed E-state index contributed by atoms with van der Waals surface area (Å²) in [6, 6.07) is 59.5. The van der Waals surface area contributed by atoms with E-state index in [2.05, 4.69) is 178 Å². The molecule has 0 aliphatic carbocycles. The van der Waals surface area contributed by atoms with Crippen molar-refractivity contribution in [2.75, 3.05) is 0 Å². The number of rotatable bonds is 6. The first-order valence-electron chi connectivity index (χ1n) is 21.0. The van der Waals surface area contributed by atoms with Crippen LogP contribution in [0.5, 0.6) is 5.75 Å². The van der Waals surface area contributed by atoms with Gasteiger partial charge in [-0.2, -0.15) is 0 Å². The highest BCUT2D eigenvalue weighted by Gasteiger charge is 2.24. The molecule has 5 heteroatoms. The molecule has 298 valence electrons. The van der Waals surface area contributed by atoms with Crippen molar-refractivity contribution in [3.8, 4) is 62.0 Å². The summed E-state index contributed by atoms with van der Waals surface area (Å²) in [6.07, 6.45) is 1.92. The van der Waals surface area contributed by atoms with Crippen LogP contribution < -0.4 is 0 Å². The molecule has 0 bridgehead atoms. The van der Waals surface area contributed by atoms with Crippen molar-refractivity contribution in [3.63, 3.8) is 0 Å². The molecule has 61 heavy (non-hydrogen) atoms. The lowest BCUT2D eigenvalue weighted by molar-refractivity contribution is 0.477. The lowest BCUT2D eigenvalue weighted by atomic mass is 9.83. The molecule has 3 heterocycles. The molecule has 0 radical (unpaired) electrons. The van der Waals surface area contributed by atoms with Gasteiger partial charge < -0.3 is 9.67 Å². The molecule has 0 saturated carbocycles. The number of hydrogen-bond acceptors (Lipinski definition) is 3. The molecular weight excluding hydrogens is 745 g/mol. The van der Waals surface area contributed by atoms with E-state index in [4.69, 9.17) is 9.97 Å². The highest BCUT2D eigenvalue weighted by Crippen LogP contribution is 2.43. The normalized spacial score (nSPS) is 12.2. The molecule has 1 N–H and O–H groups in total. The number of para-hydroxylation sites is 4. The van der Waals surface area contributed by atoms with Crippen molar-refractivity contribution in [1.82, 2.24) is 19.1 Å². The largest absolute Gasteiger partial charge is 0.507 e. The summed E-state index contributed by atoms with van der Waals surface area (Å²) in [7, 11) is 0. The maximum absolute atomic E-state index is 12.1. The highest BCUT2D eigenvalue weighted by atomic mass is 16.3. The van der Waals surface area contributed by atoms with Crippen LogP contribution in [-0.2, 0) is 10.8 Å². The van der Waals surface area contributed by atoms with Crippen LogP contribution >= 0.6 is 0 Å². The zero-order valence-corrected chi connectivity index (χ0v) is 35.5. The number of aromatic nitrogens is 4. The molecule has 10 rings (SSSR count). The van der Waals surface area contributed by atoms with E-state index in [0.717, 1.165) is 72.2 Å². The predicted molar refractivity (Wildman–Crippen MR) is 254 cm³/mol. The van der Waals surface area contributed by atoms with Gasteiger partial charge >= 0.3 is 0 Å². The smallest absolute Gasteiger partial charge is 0.149 e. The second-order valence-corrected chi connectivity index (χ2v) is 18.2. The fourth-order valence-electron chi connectivity index (χ4n) is 8.68. The number of fused-ring (bicyclic) bond motifs is 4. The summed E-state index contributed by atoms with van der Waals surface area (Å²) in [6.45, 7) is 13.5. The third-order valence-corrected chi connectivity index (χ3v) is 12.0. The monoisotopic (exact) mass is 792 g/mol. The molecule has 0 spiro atoms. The van der Waals surface area contributed by atoms with Crippen molar-refractivity contribution in [2.45, 2.75) is 52.4 Å². The van der Waals surface area contributed by atoms with Crippen LogP contribution in [0.1, 0.15) is 52.7 Å². The van der Waals surface area contributed by atoms with Crippen LogP contribution in [0.2, 0.25) is 0 Å². The van der Waals surface area contributed by atoms with E-state index in [1.807, 2.05) is 48.7 Å². The fraction of sp³-hybridized carbons (Fsp3) is 0.143. The van der Waals surface area contributed by atoms with Gasteiger partial charge in [0, 0.05) is 45.5 Å². The second-order valence-electron chi connectivity index (χ2n) is 18.2. The number of pyridine rings is 1. The minimum Gasteiger partial charge on any atom is -0.507 e. The van der Waals surface area contributed by atoms with Gasteiger partial charge in [-0.15, -0.1) is 0 Å². The Hall–Kier alpha value is -7.24. The van der Waals surface area contributed by atoms with Gasteiger partial charge in [0.15, 0.2) is 0 Å². The number of benzene rings is 7. The lowest BCUT2D eigenvalue weighted by Crippen LogP contribution is -2.11. The Morgan fingerprint density at radius 1 is 0.443 bits per heavy atom. The van der Waals surface area contributed by atoms with E-state index in [0.29, 0.717) is 11.4 Å². The minimum atomic E-state index is -0.131. The van der Waals surface area contributed by atoms with Gasteiger partial charge in [-0.25, -0.2) is 4.98 Å². The average Bonchev–Trinajstić information content (AvgIpc) is 3.81. The van der Waals surface area contributed by atoms with Crippen LogP contribution in [-0.4, -0.2) is 24.2 Å². The Labute approximate surface area is 357 Å². The van der Waals surface area contributed by atoms with E-state index in [1.165, 1.54) is 16.7 Å². The molecule has 0 atom stereocenters. The Kier molecular flexibility index (Phi) is 9.03. The quantitative estimate of drug-likeness (QED) is 0.182. The first-order valence-corrected chi connectivity index (χ1v) is 21.0. The predicted octanol–water partition coefficient (Wildman–Crippen LogP) is 14.5. The van der Waals surface area contributed by atoms with E-state index < -0.39 is 0 Å². The summed E-state index contributed by atoms with van der Waals surface area (Å²) in [5.74, 6) is 0.834. The molecule has 0 amide bonds. The van der Waals surface area contributed by atoms with Crippen LogP contribution in [0.4, 0.5) is 0 Å². The standard InChI is InChI=1S/C56H48N4O/c1-55(2,3)40-26-24-36(25-27-40)37-28-29-57-48(33-37)39-30-38(31-41(32-39)56(4,5)6)44-21-15-23-50-53(44)58-54(60(50)43-18-11-8-12-19-43)47-34-46-45-20-13-14-22-49(45)59(51(46)35-52(47)61)42-16-9-7-10-17-42/h7-35,61H,1-6H3. The molecule has 3 aromatic heterocycles. The van der Waals surface area contributed by atoms with Gasteiger partial charge in [0.1, 0.15) is 11.6 Å². The maximum atomic E-state index is 12.1. The first-order chi connectivity index (χ1) is 29.4. The summed E-state index contributed by atoms with van der Waals surface area (Å²) < 4.78 is 4.40. The molecule has 7 aromatic carbocycles. The van der Waals surface area contributed by atoms with E-state index in [1.54, 1.807) is 0 Å². The van der Waals surface area contributed by atoms with Crippen molar-refractivity contribution in [2.24, 2.45) is 0 Å². The summed E-state index contributed by atoms with van der Waals surface area (Å²) in [5, 5.41) is 14.3. The second kappa shape index (κ2) is 14.5. The van der Waals surface area contributed by atoms with Gasteiger partial charge in [-0.1, -0.05) is 139 Å². The molecule has 0 saturated heterocycles. The maximum Gasteiger partial charge on any atom is 0.149 e. The number of nitrogens with zero attached hydrogens (tertiary/aromatic N) is 4. The Morgan fingerprint density at radius 2 is 1.08 bits per heavy atom. The van der Waals surface area contributed by atoms with E-state index in [-0.39, 0.29) is 16.6 Å². The highest BCUT2D eigenvalue weighted by molar-refractivity contribution is 6.11. The van der Waals surface area contributed by atoms with Gasteiger partial charge in [0.25, 0.3) is 0 Å². The van der Waals surface area contributed by atoms with E-state index in [9.17, 15) is 5.11 Å². The molecular formula is C56H48N4O. The van der Waals surface area contributed by atoms with Gasteiger partial charge in [0.05, 0.1) is 33.3 Å². The molecule has 0 aliphatic heterocycles. The van der Waals surface area contributed by atoms with Crippen molar-refractivity contribution >= 4 is 32.8 Å². The molecule has 5 nitrogen and oxygen atoms in total. The fourth-order valence-corrected chi connectivity index (χ4v) is 8.68. The van der Waals surface area contributed by atoms with Crippen molar-refractivity contribution in [3.05, 3.63) is 187 Å². The molecule has 0 aliphatic rings. The van der Waals surface area contributed by atoms with Crippen LogP contribution in [0.3, 0.4) is 0 Å². The van der Waals surface area contributed by atoms with E-state index >= 15 is 0 Å². The van der Waals surface area contributed by atoms with Crippen LogP contribution in [0.15, 0.2) is 176 Å². The molecule has 0 unspecified atom stereocenters.